The van der Waals surface area contributed by atoms with E-state index in [0.717, 1.165) is 11.6 Å². The minimum Gasteiger partial charge on any atom is -0.478 e. The van der Waals surface area contributed by atoms with Gasteiger partial charge >= 0.3 is 5.97 Å². The Morgan fingerprint density at radius 2 is 1.90 bits per heavy atom. The number of rotatable bonds is 4. The van der Waals surface area contributed by atoms with Crippen LogP contribution < -0.4 is 4.74 Å². The number of carboxylic acids is 1. The highest BCUT2D eigenvalue weighted by Crippen LogP contribution is 2.33. The van der Waals surface area contributed by atoms with E-state index in [2.05, 4.69) is 0 Å². The van der Waals surface area contributed by atoms with Crippen LogP contribution in [0.1, 0.15) is 11.1 Å². The maximum atomic E-state index is 10.5. The highest BCUT2D eigenvalue weighted by Gasteiger charge is 2.07. The number of halogens is 2. The van der Waals surface area contributed by atoms with E-state index in [1.807, 2.05) is 13.0 Å². The number of ether oxygens (including phenoxy) is 1. The maximum absolute atomic E-state index is 10.5. The first-order valence-corrected chi connectivity index (χ1v) is 6.86. The van der Waals surface area contributed by atoms with Crippen molar-refractivity contribution in [2.75, 3.05) is 0 Å². The fourth-order valence-electron chi connectivity index (χ4n) is 1.67. The molecule has 108 valence electrons. The molecule has 0 heterocycles. The molecule has 0 aliphatic heterocycles. The topological polar surface area (TPSA) is 46.5 Å². The minimum absolute atomic E-state index is 0.391. The Morgan fingerprint density at radius 1 is 1.14 bits per heavy atom. The molecular weight excluding hydrogens is 311 g/mol. The molecule has 0 aliphatic carbocycles. The van der Waals surface area contributed by atoms with Crippen molar-refractivity contribution in [3.8, 4) is 11.5 Å². The Morgan fingerprint density at radius 3 is 2.57 bits per heavy atom. The van der Waals surface area contributed by atoms with Crippen LogP contribution in [-0.2, 0) is 4.79 Å². The van der Waals surface area contributed by atoms with Gasteiger partial charge in [-0.25, -0.2) is 4.79 Å². The van der Waals surface area contributed by atoms with Crippen LogP contribution in [-0.4, -0.2) is 11.1 Å². The zero-order valence-electron chi connectivity index (χ0n) is 11.1. The summed E-state index contributed by atoms with van der Waals surface area (Å²) in [5, 5.41) is 9.56. The van der Waals surface area contributed by atoms with Crippen molar-refractivity contribution in [2.45, 2.75) is 6.92 Å². The van der Waals surface area contributed by atoms with Crippen molar-refractivity contribution >= 4 is 35.2 Å². The molecule has 2 rings (SSSR count). The second-order valence-electron chi connectivity index (χ2n) is 4.37. The molecule has 0 bridgehead atoms. The number of hydrogen-bond donors (Lipinski definition) is 1. The van der Waals surface area contributed by atoms with Crippen LogP contribution >= 0.6 is 23.2 Å². The smallest absolute Gasteiger partial charge is 0.328 e. The summed E-state index contributed by atoms with van der Waals surface area (Å²) >= 11 is 12.1. The third-order valence-electron chi connectivity index (χ3n) is 2.74. The summed E-state index contributed by atoms with van der Waals surface area (Å²) in [6.45, 7) is 1.91. The number of aliphatic carboxylic acids is 1. The molecule has 0 radical (unpaired) electrons. The highest BCUT2D eigenvalue weighted by molar-refractivity contribution is 6.32. The normalized spacial score (nSPS) is 10.8. The van der Waals surface area contributed by atoms with Crippen LogP contribution in [0.15, 0.2) is 42.5 Å². The Balaban J connectivity index is 2.25. The van der Waals surface area contributed by atoms with E-state index < -0.39 is 5.97 Å². The largest absolute Gasteiger partial charge is 0.478 e. The third kappa shape index (κ3) is 4.25. The lowest BCUT2D eigenvalue weighted by atomic mass is 10.2. The molecule has 0 saturated carbocycles. The van der Waals surface area contributed by atoms with Gasteiger partial charge in [0.1, 0.15) is 11.5 Å². The Labute approximate surface area is 132 Å². The summed E-state index contributed by atoms with van der Waals surface area (Å²) in [6, 6.07) is 10.4. The van der Waals surface area contributed by atoms with Crippen molar-refractivity contribution in [2.24, 2.45) is 0 Å². The van der Waals surface area contributed by atoms with Crippen LogP contribution in [0.2, 0.25) is 10.0 Å². The molecule has 2 aromatic rings. The fraction of sp³-hybridized carbons (Fsp3) is 0.0625. The summed E-state index contributed by atoms with van der Waals surface area (Å²) in [4.78, 5) is 10.5. The molecule has 0 atom stereocenters. The van der Waals surface area contributed by atoms with Crippen molar-refractivity contribution in [3.63, 3.8) is 0 Å². The Hall–Kier alpha value is -1.97. The van der Waals surface area contributed by atoms with Gasteiger partial charge in [-0.3, -0.25) is 0 Å². The maximum Gasteiger partial charge on any atom is 0.328 e. The number of hydrogen-bond acceptors (Lipinski definition) is 2. The lowest BCUT2D eigenvalue weighted by Crippen LogP contribution is -1.89. The SMILES string of the molecule is Cc1ccc(Cl)cc1Oc1ccc(/C=C/C(=O)O)cc1Cl. The second-order valence-corrected chi connectivity index (χ2v) is 5.22. The van der Waals surface area contributed by atoms with E-state index in [4.69, 9.17) is 33.0 Å². The molecule has 5 heteroatoms. The first-order valence-electron chi connectivity index (χ1n) is 6.10. The molecule has 2 aromatic carbocycles. The van der Waals surface area contributed by atoms with E-state index in [1.165, 1.54) is 6.08 Å². The van der Waals surface area contributed by atoms with Crippen molar-refractivity contribution < 1.29 is 14.6 Å². The molecule has 0 amide bonds. The van der Waals surface area contributed by atoms with Crippen molar-refractivity contribution in [1.82, 2.24) is 0 Å². The molecule has 3 nitrogen and oxygen atoms in total. The van der Waals surface area contributed by atoms with Gasteiger partial charge in [-0.15, -0.1) is 0 Å². The Kier molecular flexibility index (Phi) is 4.89. The summed E-state index contributed by atoms with van der Waals surface area (Å²) in [5.41, 5.74) is 1.61. The third-order valence-corrected chi connectivity index (χ3v) is 3.27. The standard InChI is InChI=1S/C16H12Cl2O3/c1-10-2-5-12(17)9-15(10)21-14-6-3-11(8-13(14)18)4-7-16(19)20/h2-9H,1H3,(H,19,20)/b7-4+. The van der Waals surface area contributed by atoms with E-state index >= 15 is 0 Å². The average molecular weight is 323 g/mol. The van der Waals surface area contributed by atoms with Gasteiger partial charge in [-0.1, -0.05) is 35.3 Å². The van der Waals surface area contributed by atoms with E-state index in [-0.39, 0.29) is 0 Å². The van der Waals surface area contributed by atoms with Gasteiger partial charge in [0.2, 0.25) is 0 Å². The van der Waals surface area contributed by atoms with E-state index in [1.54, 1.807) is 30.3 Å². The number of benzene rings is 2. The van der Waals surface area contributed by atoms with E-state index in [0.29, 0.717) is 27.1 Å². The Bertz CT molecular complexity index is 709. The molecule has 21 heavy (non-hydrogen) atoms. The van der Waals surface area contributed by atoms with E-state index in [9.17, 15) is 4.79 Å². The molecular formula is C16H12Cl2O3. The number of carbonyl (C=O) groups is 1. The van der Waals surface area contributed by atoms with Crippen LogP contribution in [0.3, 0.4) is 0 Å². The summed E-state index contributed by atoms with van der Waals surface area (Å²) in [7, 11) is 0. The average Bonchev–Trinajstić information content (AvgIpc) is 2.43. The first-order chi connectivity index (χ1) is 9.95. The van der Waals surface area contributed by atoms with Crippen molar-refractivity contribution in [1.29, 1.82) is 0 Å². The van der Waals surface area contributed by atoms with Gasteiger partial charge in [-0.05, 0) is 48.4 Å². The summed E-state index contributed by atoms with van der Waals surface area (Å²) in [6.07, 6.45) is 2.51. The van der Waals surface area contributed by atoms with Gasteiger partial charge in [0, 0.05) is 11.1 Å². The second kappa shape index (κ2) is 6.66. The number of carboxylic acid groups (broad SMARTS) is 1. The predicted octanol–water partition coefficient (Wildman–Crippen LogP) is 5.19. The lowest BCUT2D eigenvalue weighted by Gasteiger charge is -2.11. The molecule has 0 saturated heterocycles. The zero-order valence-corrected chi connectivity index (χ0v) is 12.7. The fourth-order valence-corrected chi connectivity index (χ4v) is 2.06. The summed E-state index contributed by atoms with van der Waals surface area (Å²) in [5.74, 6) is 0.0914. The van der Waals surface area contributed by atoms with Gasteiger partial charge in [0.15, 0.2) is 0 Å². The lowest BCUT2D eigenvalue weighted by molar-refractivity contribution is -0.131. The van der Waals surface area contributed by atoms with Crippen LogP contribution in [0.4, 0.5) is 0 Å². The van der Waals surface area contributed by atoms with Gasteiger partial charge in [0.25, 0.3) is 0 Å². The minimum atomic E-state index is -1.01. The predicted molar refractivity (Wildman–Crippen MR) is 84.4 cm³/mol. The molecule has 1 N–H and O–H groups in total. The quantitative estimate of drug-likeness (QED) is 0.787. The molecule has 0 aliphatic rings. The van der Waals surface area contributed by atoms with Crippen LogP contribution in [0.5, 0.6) is 11.5 Å². The molecule has 0 unspecified atom stereocenters. The molecule has 0 fully saturated rings. The van der Waals surface area contributed by atoms with Gasteiger partial charge < -0.3 is 9.84 Å². The van der Waals surface area contributed by atoms with Gasteiger partial charge in [-0.2, -0.15) is 0 Å². The van der Waals surface area contributed by atoms with Crippen LogP contribution in [0.25, 0.3) is 6.08 Å². The van der Waals surface area contributed by atoms with Crippen LogP contribution in [0, 0.1) is 6.92 Å². The molecule has 0 spiro atoms. The highest BCUT2D eigenvalue weighted by atomic mass is 35.5. The first kappa shape index (κ1) is 15.4. The number of aryl methyl sites for hydroxylation is 1. The van der Waals surface area contributed by atoms with Gasteiger partial charge in [0.05, 0.1) is 5.02 Å². The van der Waals surface area contributed by atoms with Crippen molar-refractivity contribution in [3.05, 3.63) is 63.6 Å². The zero-order chi connectivity index (χ0) is 15.4. The monoisotopic (exact) mass is 322 g/mol. The summed E-state index contributed by atoms with van der Waals surface area (Å²) < 4.78 is 5.74. The molecule has 0 aromatic heterocycles.